The number of piperidine rings is 1. The molecule has 3 rings (SSSR count). The molecule has 3 heterocycles. The molecule has 0 atom stereocenters. The molecule has 1 aromatic rings. The third kappa shape index (κ3) is 2.39. The fourth-order valence-electron chi connectivity index (χ4n) is 2.38. The molecule has 2 aliphatic heterocycles. The summed E-state index contributed by atoms with van der Waals surface area (Å²) in [4.78, 5) is 10.4. The molecule has 18 heavy (non-hydrogen) atoms. The van der Waals surface area contributed by atoms with E-state index >= 15 is 0 Å². The van der Waals surface area contributed by atoms with Crippen LogP contribution < -0.4 is 10.5 Å². The number of hydrogen-bond acceptors (Lipinski definition) is 6. The maximum atomic E-state index is 5.83. The molecule has 2 aliphatic rings. The van der Waals surface area contributed by atoms with Gasteiger partial charge in [-0.3, -0.25) is 4.90 Å². The molecule has 0 amide bonds. The van der Waals surface area contributed by atoms with Gasteiger partial charge in [0.15, 0.2) is 0 Å². The molecule has 6 heteroatoms. The van der Waals surface area contributed by atoms with E-state index in [1.807, 2.05) is 0 Å². The predicted octanol–water partition coefficient (Wildman–Crippen LogP) is 0.301. The van der Waals surface area contributed by atoms with Gasteiger partial charge < -0.3 is 15.2 Å². The van der Waals surface area contributed by atoms with Crippen LogP contribution in [0, 0.1) is 0 Å². The topological polar surface area (TPSA) is 73.5 Å². The maximum Gasteiger partial charge on any atom is 0.240 e. The lowest BCUT2D eigenvalue weighted by molar-refractivity contribution is -0.0779. The molecule has 0 bridgehead atoms. The first-order chi connectivity index (χ1) is 8.83. The van der Waals surface area contributed by atoms with Crippen LogP contribution in [0.15, 0.2) is 12.5 Å². The van der Waals surface area contributed by atoms with Crippen LogP contribution in [-0.4, -0.2) is 53.3 Å². The summed E-state index contributed by atoms with van der Waals surface area (Å²) in [5.41, 5.74) is 6.27. The van der Waals surface area contributed by atoms with Gasteiger partial charge in [0.05, 0.1) is 25.5 Å². The molecule has 6 nitrogen and oxygen atoms in total. The number of likely N-dealkylation sites (tertiary alicyclic amines) is 1. The summed E-state index contributed by atoms with van der Waals surface area (Å²) in [7, 11) is 0. The third-order valence-corrected chi connectivity index (χ3v) is 3.59. The highest BCUT2D eigenvalue weighted by molar-refractivity contribution is 5.44. The monoisotopic (exact) mass is 250 g/mol. The van der Waals surface area contributed by atoms with Crippen molar-refractivity contribution in [3.63, 3.8) is 0 Å². The molecule has 0 saturated carbocycles. The van der Waals surface area contributed by atoms with Gasteiger partial charge in [-0.1, -0.05) is 0 Å². The number of nitrogen functional groups attached to an aromatic ring is 1. The minimum atomic E-state index is 0.208. The molecule has 0 aliphatic carbocycles. The second kappa shape index (κ2) is 5.07. The Morgan fingerprint density at radius 2 is 2.11 bits per heavy atom. The molecule has 0 aromatic carbocycles. The van der Waals surface area contributed by atoms with Gasteiger partial charge in [-0.05, 0) is 12.8 Å². The van der Waals surface area contributed by atoms with Gasteiger partial charge >= 0.3 is 0 Å². The van der Waals surface area contributed by atoms with Crippen LogP contribution in [0.1, 0.15) is 12.8 Å². The Morgan fingerprint density at radius 1 is 1.33 bits per heavy atom. The van der Waals surface area contributed by atoms with Gasteiger partial charge in [0.1, 0.15) is 18.1 Å². The minimum absolute atomic E-state index is 0.208. The molecule has 1 aromatic heterocycles. The number of ether oxygens (including phenoxy) is 2. The SMILES string of the molecule is Nc1cncnc1OC1CCN(C2COC2)CC1. The number of aromatic nitrogens is 2. The zero-order valence-corrected chi connectivity index (χ0v) is 10.3. The Labute approximate surface area is 106 Å². The lowest BCUT2D eigenvalue weighted by Gasteiger charge is -2.41. The lowest BCUT2D eigenvalue weighted by atomic mass is 10.0. The second-order valence-electron chi connectivity index (χ2n) is 4.83. The molecule has 2 saturated heterocycles. The minimum Gasteiger partial charge on any atom is -0.473 e. The molecular formula is C12H18N4O2. The fourth-order valence-corrected chi connectivity index (χ4v) is 2.38. The summed E-state index contributed by atoms with van der Waals surface area (Å²) in [6.07, 6.45) is 5.27. The van der Waals surface area contributed by atoms with E-state index in [-0.39, 0.29) is 6.10 Å². The first kappa shape index (κ1) is 11.7. The summed E-state index contributed by atoms with van der Waals surface area (Å²) in [5.74, 6) is 0.510. The molecular weight excluding hydrogens is 232 g/mol. The van der Waals surface area contributed by atoms with E-state index in [0.717, 1.165) is 39.1 Å². The first-order valence-electron chi connectivity index (χ1n) is 6.37. The second-order valence-corrected chi connectivity index (χ2v) is 4.83. The van der Waals surface area contributed by atoms with Crippen LogP contribution in [0.3, 0.4) is 0 Å². The Kier molecular flexibility index (Phi) is 3.29. The van der Waals surface area contributed by atoms with Gasteiger partial charge in [0.2, 0.25) is 5.88 Å². The summed E-state index contributed by atoms with van der Waals surface area (Å²) >= 11 is 0. The van der Waals surface area contributed by atoms with E-state index < -0.39 is 0 Å². The van der Waals surface area contributed by atoms with Crippen LogP contribution in [0.5, 0.6) is 5.88 Å². The lowest BCUT2D eigenvalue weighted by Crippen LogP contribution is -2.52. The average Bonchev–Trinajstić information content (AvgIpc) is 2.32. The largest absolute Gasteiger partial charge is 0.473 e. The number of hydrogen-bond donors (Lipinski definition) is 1. The Balaban J connectivity index is 1.52. The van der Waals surface area contributed by atoms with Crippen molar-refractivity contribution < 1.29 is 9.47 Å². The average molecular weight is 250 g/mol. The highest BCUT2D eigenvalue weighted by atomic mass is 16.5. The van der Waals surface area contributed by atoms with Crippen molar-refractivity contribution in [3.8, 4) is 5.88 Å². The Bertz CT molecular complexity index is 403. The van der Waals surface area contributed by atoms with E-state index in [4.69, 9.17) is 15.2 Å². The summed E-state index contributed by atoms with van der Waals surface area (Å²) in [6, 6.07) is 0.620. The molecule has 0 unspecified atom stereocenters. The third-order valence-electron chi connectivity index (χ3n) is 3.59. The van der Waals surface area contributed by atoms with Crippen LogP contribution >= 0.6 is 0 Å². The van der Waals surface area contributed by atoms with E-state index in [1.165, 1.54) is 6.33 Å². The quantitative estimate of drug-likeness (QED) is 0.831. The molecule has 2 fully saturated rings. The van der Waals surface area contributed by atoms with E-state index in [9.17, 15) is 0 Å². The van der Waals surface area contributed by atoms with Crippen molar-refractivity contribution >= 4 is 5.69 Å². The molecule has 0 spiro atoms. The van der Waals surface area contributed by atoms with Crippen molar-refractivity contribution in [3.05, 3.63) is 12.5 Å². The molecule has 98 valence electrons. The van der Waals surface area contributed by atoms with E-state index in [2.05, 4.69) is 14.9 Å². The summed E-state index contributed by atoms with van der Waals surface area (Å²) in [5, 5.41) is 0. The van der Waals surface area contributed by atoms with Gasteiger partial charge in [0, 0.05) is 13.1 Å². The Morgan fingerprint density at radius 3 is 2.72 bits per heavy atom. The molecule has 2 N–H and O–H groups in total. The number of rotatable bonds is 3. The van der Waals surface area contributed by atoms with Gasteiger partial charge in [-0.25, -0.2) is 4.98 Å². The maximum absolute atomic E-state index is 5.83. The standard InChI is InChI=1S/C12H18N4O2/c13-11-5-14-8-15-12(11)18-10-1-3-16(4-2-10)9-6-17-7-9/h5,8-10H,1-4,6-7,13H2. The van der Waals surface area contributed by atoms with E-state index in [1.54, 1.807) is 6.20 Å². The fraction of sp³-hybridized carbons (Fsp3) is 0.667. The van der Waals surface area contributed by atoms with E-state index in [0.29, 0.717) is 17.6 Å². The van der Waals surface area contributed by atoms with Gasteiger partial charge in [-0.2, -0.15) is 4.98 Å². The van der Waals surface area contributed by atoms with Gasteiger partial charge in [0.25, 0.3) is 0 Å². The van der Waals surface area contributed by atoms with Crippen LogP contribution in [-0.2, 0) is 4.74 Å². The van der Waals surface area contributed by atoms with Crippen LogP contribution in [0.25, 0.3) is 0 Å². The van der Waals surface area contributed by atoms with Crippen LogP contribution in [0.2, 0.25) is 0 Å². The number of anilines is 1. The highest BCUT2D eigenvalue weighted by Crippen LogP contribution is 2.23. The zero-order chi connectivity index (χ0) is 12.4. The van der Waals surface area contributed by atoms with Crippen molar-refractivity contribution in [2.45, 2.75) is 25.0 Å². The van der Waals surface area contributed by atoms with Gasteiger partial charge in [-0.15, -0.1) is 0 Å². The van der Waals surface area contributed by atoms with Crippen LogP contribution in [0.4, 0.5) is 5.69 Å². The Hall–Kier alpha value is -1.40. The smallest absolute Gasteiger partial charge is 0.240 e. The van der Waals surface area contributed by atoms with Crippen molar-refractivity contribution in [2.24, 2.45) is 0 Å². The first-order valence-corrected chi connectivity index (χ1v) is 6.37. The number of nitrogens with zero attached hydrogens (tertiary/aromatic N) is 3. The highest BCUT2D eigenvalue weighted by Gasteiger charge is 2.30. The summed E-state index contributed by atoms with van der Waals surface area (Å²) in [6.45, 7) is 3.88. The number of nitrogens with two attached hydrogens (primary N) is 1. The normalized spacial score (nSPS) is 22.7. The molecule has 0 radical (unpaired) electrons. The van der Waals surface area contributed by atoms with Crippen molar-refractivity contribution in [1.82, 2.24) is 14.9 Å². The van der Waals surface area contributed by atoms with Crippen molar-refractivity contribution in [2.75, 3.05) is 32.0 Å². The van der Waals surface area contributed by atoms with Crippen molar-refractivity contribution in [1.29, 1.82) is 0 Å². The predicted molar refractivity (Wildman–Crippen MR) is 66.3 cm³/mol. The zero-order valence-electron chi connectivity index (χ0n) is 10.3. The summed E-state index contributed by atoms with van der Waals surface area (Å²) < 4.78 is 11.1.